The lowest BCUT2D eigenvalue weighted by molar-refractivity contribution is 0.371. The molecule has 1 aromatic carbocycles. The molecule has 0 radical (unpaired) electrons. The van der Waals surface area contributed by atoms with Crippen molar-refractivity contribution in [2.45, 2.75) is 6.04 Å². The number of rotatable bonds is 3. The maximum atomic E-state index is 9.54. The van der Waals surface area contributed by atoms with Gasteiger partial charge in [-0.25, -0.2) is 0 Å². The van der Waals surface area contributed by atoms with Gasteiger partial charge < -0.3 is 15.6 Å². The van der Waals surface area contributed by atoms with Gasteiger partial charge in [-0.3, -0.25) is 0 Å². The van der Waals surface area contributed by atoms with E-state index in [1.54, 1.807) is 18.2 Å². The van der Waals surface area contributed by atoms with Gasteiger partial charge in [0.05, 0.1) is 11.6 Å². The van der Waals surface area contributed by atoms with Crippen LogP contribution in [0, 0.1) is 0 Å². The first kappa shape index (κ1) is 11.1. The van der Waals surface area contributed by atoms with Crippen molar-refractivity contribution in [1.29, 1.82) is 0 Å². The van der Waals surface area contributed by atoms with E-state index in [0.29, 0.717) is 10.2 Å². The van der Waals surface area contributed by atoms with Crippen LogP contribution in [-0.2, 0) is 0 Å². The Labute approximate surface area is 91.3 Å². The number of phenolic OH excluding ortho intramolecular Hbond substituents is 1. The number of hydrogen-bond acceptors (Lipinski definition) is 3. The van der Waals surface area contributed by atoms with Gasteiger partial charge in [0.15, 0.2) is 11.5 Å². The van der Waals surface area contributed by atoms with Crippen molar-refractivity contribution in [3.05, 3.63) is 34.8 Å². The van der Waals surface area contributed by atoms with Gasteiger partial charge in [-0.2, -0.15) is 0 Å². The van der Waals surface area contributed by atoms with Gasteiger partial charge in [0.1, 0.15) is 0 Å². The van der Waals surface area contributed by atoms with Gasteiger partial charge in [0.2, 0.25) is 0 Å². The number of phenols is 1. The van der Waals surface area contributed by atoms with E-state index >= 15 is 0 Å². The lowest BCUT2D eigenvalue weighted by atomic mass is 10.1. The predicted octanol–water partition coefficient (Wildman–Crippen LogP) is 2.35. The summed E-state index contributed by atoms with van der Waals surface area (Å²) >= 11 is 3.22. The average Bonchev–Trinajstić information content (AvgIpc) is 2.20. The summed E-state index contributed by atoms with van der Waals surface area (Å²) in [5, 5.41) is 9.54. The minimum atomic E-state index is -0.263. The Kier molecular flexibility index (Phi) is 3.55. The molecule has 0 aliphatic carbocycles. The molecule has 0 aromatic heterocycles. The third kappa shape index (κ3) is 2.08. The van der Waals surface area contributed by atoms with Crippen molar-refractivity contribution < 1.29 is 9.84 Å². The lowest BCUT2D eigenvalue weighted by Gasteiger charge is -2.11. The monoisotopic (exact) mass is 257 g/mol. The SMILES string of the molecule is C=CC(N)c1cc(Br)c(O)c(OC)c1. The standard InChI is InChI=1S/C10H12BrNO2/c1-3-8(12)6-4-7(11)10(13)9(5-6)14-2/h3-5,8,13H,1,12H2,2H3. The number of ether oxygens (including phenoxy) is 1. The van der Waals surface area contributed by atoms with Crippen molar-refractivity contribution in [2.75, 3.05) is 7.11 Å². The summed E-state index contributed by atoms with van der Waals surface area (Å²) in [5.74, 6) is 0.471. The number of halogens is 1. The van der Waals surface area contributed by atoms with Gasteiger partial charge in [-0.15, -0.1) is 6.58 Å². The van der Waals surface area contributed by atoms with Crippen molar-refractivity contribution in [3.63, 3.8) is 0 Å². The van der Waals surface area contributed by atoms with Gasteiger partial charge in [0.25, 0.3) is 0 Å². The Hall–Kier alpha value is -1.00. The average molecular weight is 258 g/mol. The zero-order valence-electron chi connectivity index (χ0n) is 7.83. The Bertz CT molecular complexity index is 352. The van der Waals surface area contributed by atoms with Crippen LogP contribution in [0.15, 0.2) is 29.3 Å². The Morgan fingerprint density at radius 1 is 1.64 bits per heavy atom. The molecule has 1 unspecified atom stereocenters. The molecular formula is C10H12BrNO2. The molecule has 0 saturated heterocycles. The molecule has 0 aliphatic heterocycles. The molecule has 1 aromatic rings. The minimum Gasteiger partial charge on any atom is -0.503 e. The second kappa shape index (κ2) is 4.48. The van der Waals surface area contributed by atoms with Crippen LogP contribution in [0.3, 0.4) is 0 Å². The Morgan fingerprint density at radius 3 is 2.79 bits per heavy atom. The first-order valence-electron chi connectivity index (χ1n) is 4.04. The summed E-state index contributed by atoms with van der Waals surface area (Å²) in [5.41, 5.74) is 6.60. The van der Waals surface area contributed by atoms with Crippen LogP contribution >= 0.6 is 15.9 Å². The van der Waals surface area contributed by atoms with Crippen molar-refractivity contribution >= 4 is 15.9 Å². The van der Waals surface area contributed by atoms with Crippen LogP contribution in [0.25, 0.3) is 0 Å². The van der Waals surface area contributed by atoms with E-state index in [-0.39, 0.29) is 11.8 Å². The summed E-state index contributed by atoms with van der Waals surface area (Å²) in [6.07, 6.45) is 1.62. The molecule has 76 valence electrons. The van der Waals surface area contributed by atoms with Crippen molar-refractivity contribution in [2.24, 2.45) is 5.73 Å². The normalized spacial score (nSPS) is 12.2. The summed E-state index contributed by atoms with van der Waals surface area (Å²) in [6, 6.07) is 3.16. The van der Waals surface area contributed by atoms with Gasteiger partial charge in [0, 0.05) is 6.04 Å². The van der Waals surface area contributed by atoms with Gasteiger partial charge >= 0.3 is 0 Å². The van der Waals surface area contributed by atoms with Crippen LogP contribution in [0.1, 0.15) is 11.6 Å². The molecule has 1 atom stereocenters. The van der Waals surface area contributed by atoms with E-state index in [2.05, 4.69) is 22.5 Å². The molecule has 0 saturated carbocycles. The second-order valence-electron chi connectivity index (χ2n) is 2.82. The molecule has 4 heteroatoms. The molecule has 3 N–H and O–H groups in total. The first-order valence-corrected chi connectivity index (χ1v) is 4.84. The van der Waals surface area contributed by atoms with Crippen LogP contribution in [0.2, 0.25) is 0 Å². The highest BCUT2D eigenvalue weighted by Crippen LogP contribution is 2.36. The highest BCUT2D eigenvalue weighted by Gasteiger charge is 2.11. The molecule has 0 aliphatic rings. The van der Waals surface area contributed by atoms with E-state index in [9.17, 15) is 5.11 Å². The highest BCUT2D eigenvalue weighted by molar-refractivity contribution is 9.10. The van der Waals surface area contributed by atoms with Crippen LogP contribution in [0.4, 0.5) is 0 Å². The van der Waals surface area contributed by atoms with Crippen LogP contribution in [0.5, 0.6) is 11.5 Å². The fourth-order valence-electron chi connectivity index (χ4n) is 1.08. The third-order valence-electron chi connectivity index (χ3n) is 1.91. The maximum Gasteiger partial charge on any atom is 0.172 e. The van der Waals surface area contributed by atoms with E-state index in [1.165, 1.54) is 7.11 Å². The smallest absolute Gasteiger partial charge is 0.172 e. The molecule has 0 heterocycles. The topological polar surface area (TPSA) is 55.5 Å². The third-order valence-corrected chi connectivity index (χ3v) is 2.51. The fourth-order valence-corrected chi connectivity index (χ4v) is 1.54. The summed E-state index contributed by atoms with van der Waals surface area (Å²) < 4.78 is 5.55. The predicted molar refractivity (Wildman–Crippen MR) is 59.5 cm³/mol. The number of methoxy groups -OCH3 is 1. The molecule has 3 nitrogen and oxygen atoms in total. The van der Waals surface area contributed by atoms with Crippen LogP contribution in [-0.4, -0.2) is 12.2 Å². The summed E-state index contributed by atoms with van der Waals surface area (Å²) in [7, 11) is 1.49. The van der Waals surface area contributed by atoms with Gasteiger partial charge in [-0.1, -0.05) is 6.08 Å². The largest absolute Gasteiger partial charge is 0.503 e. The number of benzene rings is 1. The second-order valence-corrected chi connectivity index (χ2v) is 3.67. The molecule has 14 heavy (non-hydrogen) atoms. The van der Waals surface area contributed by atoms with E-state index in [0.717, 1.165) is 5.56 Å². The Morgan fingerprint density at radius 2 is 2.29 bits per heavy atom. The molecule has 1 rings (SSSR count). The molecule has 0 amide bonds. The first-order chi connectivity index (χ1) is 6.60. The van der Waals surface area contributed by atoms with Crippen molar-refractivity contribution in [3.8, 4) is 11.5 Å². The van der Waals surface area contributed by atoms with Gasteiger partial charge in [-0.05, 0) is 33.6 Å². The summed E-state index contributed by atoms with van der Waals surface area (Å²) in [4.78, 5) is 0. The van der Waals surface area contributed by atoms with Crippen LogP contribution < -0.4 is 10.5 Å². The Balaban J connectivity index is 3.22. The van der Waals surface area contributed by atoms with E-state index in [4.69, 9.17) is 10.5 Å². The molecule has 0 fully saturated rings. The quantitative estimate of drug-likeness (QED) is 0.818. The van der Waals surface area contributed by atoms with E-state index in [1.807, 2.05) is 0 Å². The minimum absolute atomic E-state index is 0.0764. The maximum absolute atomic E-state index is 9.54. The zero-order valence-corrected chi connectivity index (χ0v) is 9.41. The van der Waals surface area contributed by atoms with Crippen molar-refractivity contribution in [1.82, 2.24) is 0 Å². The number of aromatic hydroxyl groups is 1. The molecule has 0 spiro atoms. The number of nitrogens with two attached hydrogens (primary N) is 1. The summed E-state index contributed by atoms with van der Waals surface area (Å²) in [6.45, 7) is 3.60. The zero-order chi connectivity index (χ0) is 10.7. The van der Waals surface area contributed by atoms with E-state index < -0.39 is 0 Å². The molecule has 0 bridgehead atoms. The molecular weight excluding hydrogens is 246 g/mol. The fraction of sp³-hybridized carbons (Fsp3) is 0.200. The lowest BCUT2D eigenvalue weighted by Crippen LogP contribution is -2.06. The number of hydrogen-bond donors (Lipinski definition) is 2. The highest BCUT2D eigenvalue weighted by atomic mass is 79.9.